The van der Waals surface area contributed by atoms with Crippen molar-refractivity contribution in [3.05, 3.63) is 23.8 Å². The zero-order chi connectivity index (χ0) is 9.10. The first-order valence-corrected chi connectivity index (χ1v) is 4.82. The summed E-state index contributed by atoms with van der Waals surface area (Å²) in [5.41, 5.74) is 1.32. The first-order chi connectivity index (χ1) is 6.42. The van der Waals surface area contributed by atoms with Gasteiger partial charge in [0.05, 0.1) is 0 Å². The minimum absolute atomic E-state index is 0.309. The lowest BCUT2D eigenvalue weighted by atomic mass is 10.1. The molecule has 0 aliphatic carbocycles. The van der Waals surface area contributed by atoms with Crippen LogP contribution in [-0.4, -0.2) is 11.7 Å². The standard InChI is InChI=1S/C11H14O2/c12-8-3-1-2-5-9-6-4-7-10-11(9)13-10/h4,6-7,12H,1-3,5,8H2. The van der Waals surface area contributed by atoms with E-state index in [4.69, 9.17) is 9.84 Å². The Kier molecular flexibility index (Phi) is 2.50. The zero-order valence-corrected chi connectivity index (χ0v) is 7.62. The van der Waals surface area contributed by atoms with Crippen LogP contribution in [0.1, 0.15) is 24.8 Å². The van der Waals surface area contributed by atoms with Gasteiger partial charge in [0.2, 0.25) is 0 Å². The van der Waals surface area contributed by atoms with E-state index in [2.05, 4.69) is 6.07 Å². The third-order valence-electron chi connectivity index (χ3n) is 2.34. The Labute approximate surface area is 78.2 Å². The lowest BCUT2D eigenvalue weighted by Crippen LogP contribution is -1.86. The highest BCUT2D eigenvalue weighted by Crippen LogP contribution is 2.48. The van der Waals surface area contributed by atoms with Gasteiger partial charge < -0.3 is 9.84 Å². The van der Waals surface area contributed by atoms with Crippen LogP contribution in [0.3, 0.4) is 0 Å². The number of ether oxygens (including phenoxy) is 1. The van der Waals surface area contributed by atoms with Gasteiger partial charge in [0, 0.05) is 6.61 Å². The summed E-state index contributed by atoms with van der Waals surface area (Å²) in [6.45, 7) is 0.309. The molecule has 2 rings (SSSR count). The molecule has 1 aromatic rings. The van der Waals surface area contributed by atoms with E-state index in [0.717, 1.165) is 37.2 Å². The quantitative estimate of drug-likeness (QED) is 0.563. The molecule has 2 nitrogen and oxygen atoms in total. The number of hydrogen-bond donors (Lipinski definition) is 1. The molecule has 70 valence electrons. The Morgan fingerprint density at radius 2 is 2.08 bits per heavy atom. The van der Waals surface area contributed by atoms with Gasteiger partial charge in [-0.1, -0.05) is 18.6 Å². The summed E-state index contributed by atoms with van der Waals surface area (Å²) in [6, 6.07) is 6.14. The molecular formula is C11H14O2. The maximum Gasteiger partial charge on any atom is 0.173 e. The molecule has 0 radical (unpaired) electrons. The van der Waals surface area contributed by atoms with Gasteiger partial charge in [-0.3, -0.25) is 0 Å². The minimum Gasteiger partial charge on any atom is -0.449 e. The van der Waals surface area contributed by atoms with Gasteiger partial charge >= 0.3 is 0 Å². The van der Waals surface area contributed by atoms with Crippen molar-refractivity contribution in [3.8, 4) is 11.5 Å². The molecule has 0 bridgehead atoms. The summed E-state index contributed by atoms with van der Waals surface area (Å²) in [5, 5.41) is 8.60. The largest absolute Gasteiger partial charge is 0.449 e. The van der Waals surface area contributed by atoms with E-state index in [9.17, 15) is 0 Å². The van der Waals surface area contributed by atoms with Crippen molar-refractivity contribution in [3.63, 3.8) is 0 Å². The molecule has 13 heavy (non-hydrogen) atoms. The van der Waals surface area contributed by atoms with Crippen molar-refractivity contribution in [1.82, 2.24) is 0 Å². The van der Waals surface area contributed by atoms with Crippen molar-refractivity contribution >= 4 is 0 Å². The molecule has 0 unspecified atom stereocenters. The number of unbranched alkanes of at least 4 members (excludes halogenated alkanes) is 2. The number of fused-ring (bicyclic) bond motifs is 1. The van der Waals surface area contributed by atoms with E-state index in [1.165, 1.54) is 5.56 Å². The van der Waals surface area contributed by atoms with Gasteiger partial charge in [-0.2, -0.15) is 0 Å². The minimum atomic E-state index is 0.309. The maximum atomic E-state index is 8.60. The summed E-state index contributed by atoms with van der Waals surface area (Å²) < 4.78 is 5.28. The molecule has 1 aliphatic rings. The van der Waals surface area contributed by atoms with E-state index in [1.54, 1.807) is 0 Å². The zero-order valence-electron chi connectivity index (χ0n) is 7.62. The summed E-state index contributed by atoms with van der Waals surface area (Å²) in [5.74, 6) is 2.13. The number of aliphatic hydroxyl groups excluding tert-OH is 1. The molecule has 0 saturated carbocycles. The number of rotatable bonds is 5. The van der Waals surface area contributed by atoms with Crippen LogP contribution in [-0.2, 0) is 6.42 Å². The summed E-state index contributed by atoms with van der Waals surface area (Å²) in [4.78, 5) is 0. The van der Waals surface area contributed by atoms with Crippen molar-refractivity contribution in [2.75, 3.05) is 6.61 Å². The number of para-hydroxylation sites is 1. The Morgan fingerprint density at radius 1 is 1.15 bits per heavy atom. The van der Waals surface area contributed by atoms with Crippen LogP contribution in [0.4, 0.5) is 0 Å². The van der Waals surface area contributed by atoms with E-state index in [1.807, 2.05) is 12.1 Å². The second-order valence-corrected chi connectivity index (χ2v) is 3.38. The van der Waals surface area contributed by atoms with E-state index in [-0.39, 0.29) is 0 Å². The molecule has 0 aromatic heterocycles. The highest BCUT2D eigenvalue weighted by molar-refractivity contribution is 5.59. The first kappa shape index (κ1) is 8.57. The summed E-state index contributed by atoms with van der Waals surface area (Å²) >= 11 is 0. The number of benzene rings is 1. The monoisotopic (exact) mass is 178 g/mol. The van der Waals surface area contributed by atoms with E-state index in [0.29, 0.717) is 6.61 Å². The normalized spacial score (nSPS) is 12.1. The van der Waals surface area contributed by atoms with Crippen molar-refractivity contribution in [2.24, 2.45) is 0 Å². The molecule has 1 N–H and O–H groups in total. The van der Waals surface area contributed by atoms with Gasteiger partial charge in [-0.15, -0.1) is 0 Å². The second-order valence-electron chi connectivity index (χ2n) is 3.38. The fourth-order valence-corrected chi connectivity index (χ4v) is 1.55. The molecule has 0 fully saturated rings. The van der Waals surface area contributed by atoms with Gasteiger partial charge in [-0.25, -0.2) is 0 Å². The van der Waals surface area contributed by atoms with Gasteiger partial charge in [0.15, 0.2) is 11.5 Å². The van der Waals surface area contributed by atoms with Crippen LogP contribution >= 0.6 is 0 Å². The van der Waals surface area contributed by atoms with Crippen molar-refractivity contribution in [1.29, 1.82) is 0 Å². The van der Waals surface area contributed by atoms with Gasteiger partial charge in [-0.05, 0) is 30.9 Å². The molecule has 0 saturated heterocycles. The number of hydrogen-bond acceptors (Lipinski definition) is 2. The lowest BCUT2D eigenvalue weighted by molar-refractivity contribution is 0.283. The molecule has 2 heteroatoms. The van der Waals surface area contributed by atoms with Crippen LogP contribution in [0.5, 0.6) is 11.5 Å². The molecule has 0 amide bonds. The summed E-state index contributed by atoms with van der Waals surface area (Å²) in [7, 11) is 0. The predicted molar refractivity (Wildman–Crippen MR) is 51.2 cm³/mol. The maximum absolute atomic E-state index is 8.60. The van der Waals surface area contributed by atoms with Crippen LogP contribution < -0.4 is 4.74 Å². The fraction of sp³-hybridized carbons (Fsp3) is 0.455. The van der Waals surface area contributed by atoms with Gasteiger partial charge in [0.1, 0.15) is 0 Å². The van der Waals surface area contributed by atoms with Crippen LogP contribution in [0, 0.1) is 0 Å². The topological polar surface area (TPSA) is 32.8 Å². The van der Waals surface area contributed by atoms with E-state index >= 15 is 0 Å². The van der Waals surface area contributed by atoms with Crippen LogP contribution in [0.25, 0.3) is 0 Å². The van der Waals surface area contributed by atoms with Crippen LogP contribution in [0.15, 0.2) is 18.2 Å². The molecule has 0 spiro atoms. The molecule has 0 atom stereocenters. The Bertz CT molecular complexity index is 294. The predicted octanol–water partition coefficient (Wildman–Crippen LogP) is 2.50. The van der Waals surface area contributed by atoms with Gasteiger partial charge in [0.25, 0.3) is 0 Å². The molecule has 1 heterocycles. The Balaban J connectivity index is 1.80. The van der Waals surface area contributed by atoms with E-state index < -0.39 is 0 Å². The molecular weight excluding hydrogens is 164 g/mol. The highest BCUT2D eigenvalue weighted by Gasteiger charge is 2.22. The number of aliphatic hydroxyl groups is 1. The SMILES string of the molecule is OCCCCCc1cccc2c1O2. The molecule has 1 aliphatic heterocycles. The second kappa shape index (κ2) is 3.79. The first-order valence-electron chi connectivity index (χ1n) is 4.82. The highest BCUT2D eigenvalue weighted by atomic mass is 16.6. The van der Waals surface area contributed by atoms with Crippen molar-refractivity contribution in [2.45, 2.75) is 25.7 Å². The summed E-state index contributed by atoms with van der Waals surface area (Å²) in [6.07, 6.45) is 4.22. The van der Waals surface area contributed by atoms with Crippen molar-refractivity contribution < 1.29 is 9.84 Å². The number of aryl methyl sites for hydroxylation is 1. The average Bonchev–Trinajstić information content (AvgIpc) is 2.91. The van der Waals surface area contributed by atoms with Crippen LogP contribution in [0.2, 0.25) is 0 Å². The fourth-order valence-electron chi connectivity index (χ4n) is 1.55. The Hall–Kier alpha value is -1.02. The average molecular weight is 178 g/mol. The lowest BCUT2D eigenvalue weighted by Gasteiger charge is -1.97. The third kappa shape index (κ3) is 2.01. The Morgan fingerprint density at radius 3 is 2.92 bits per heavy atom. The molecule has 1 aromatic carbocycles. The third-order valence-corrected chi connectivity index (χ3v) is 2.34. The smallest absolute Gasteiger partial charge is 0.173 e.